The molecular formula is C5H12N2O2S. The number of nitrogens with zero attached hydrogens (tertiary/aromatic N) is 2. The molecule has 10 heavy (non-hydrogen) atoms. The Morgan fingerprint density at radius 3 is 2.20 bits per heavy atom. The van der Waals surface area contributed by atoms with E-state index in [9.17, 15) is 4.21 Å². The van der Waals surface area contributed by atoms with Crippen LogP contribution in [0.15, 0.2) is 0 Å². The first-order valence-electron chi connectivity index (χ1n) is 3.24. The molecule has 0 aliphatic carbocycles. The fraction of sp³-hybridized carbons (Fsp3) is 1.00. The summed E-state index contributed by atoms with van der Waals surface area (Å²) in [6.45, 7) is 3.15. The molecule has 0 amide bonds. The number of hydrogen-bond donors (Lipinski definition) is 1. The molecule has 1 N–H and O–H groups in total. The van der Waals surface area contributed by atoms with Crippen LogP contribution in [-0.2, 0) is 11.3 Å². The average molecular weight is 164 g/mol. The molecule has 4 nitrogen and oxygen atoms in total. The van der Waals surface area contributed by atoms with Crippen LogP contribution in [0.1, 0.15) is 0 Å². The summed E-state index contributed by atoms with van der Waals surface area (Å²) in [4.78, 5) is 2.14. The van der Waals surface area contributed by atoms with Crippen LogP contribution in [-0.4, -0.2) is 51.2 Å². The van der Waals surface area contributed by atoms with E-state index in [1.54, 1.807) is 4.31 Å². The molecule has 0 aromatic heterocycles. The molecule has 0 bridgehead atoms. The van der Waals surface area contributed by atoms with Gasteiger partial charge in [0.05, 0.1) is 0 Å². The normalized spacial score (nSPS) is 26.6. The van der Waals surface area contributed by atoms with Crippen LogP contribution in [0.3, 0.4) is 0 Å². The Bertz CT molecular complexity index is 134. The average Bonchev–Trinajstić information content (AvgIpc) is 1.88. The zero-order chi connectivity index (χ0) is 7.56. The van der Waals surface area contributed by atoms with Gasteiger partial charge in [-0.1, -0.05) is 0 Å². The third-order valence-electron chi connectivity index (χ3n) is 1.68. The van der Waals surface area contributed by atoms with E-state index in [0.29, 0.717) is 13.1 Å². The second kappa shape index (κ2) is 3.43. The zero-order valence-electron chi connectivity index (χ0n) is 5.99. The molecule has 5 heteroatoms. The van der Waals surface area contributed by atoms with Gasteiger partial charge >= 0.3 is 0 Å². The smallest absolute Gasteiger partial charge is 0.234 e. The zero-order valence-corrected chi connectivity index (χ0v) is 6.80. The van der Waals surface area contributed by atoms with E-state index in [4.69, 9.17) is 4.55 Å². The van der Waals surface area contributed by atoms with E-state index < -0.39 is 11.3 Å². The Morgan fingerprint density at radius 1 is 1.30 bits per heavy atom. The van der Waals surface area contributed by atoms with Gasteiger partial charge in [0, 0.05) is 26.2 Å². The van der Waals surface area contributed by atoms with Gasteiger partial charge < -0.3 is 4.90 Å². The summed E-state index contributed by atoms with van der Waals surface area (Å²) < 4.78 is 20.7. The molecule has 1 fully saturated rings. The van der Waals surface area contributed by atoms with E-state index in [1.807, 2.05) is 7.05 Å². The Kier molecular flexibility index (Phi) is 2.79. The molecule has 1 atom stereocenters. The van der Waals surface area contributed by atoms with E-state index in [-0.39, 0.29) is 0 Å². The van der Waals surface area contributed by atoms with Crippen LogP contribution in [0.2, 0.25) is 0 Å². The molecule has 1 heterocycles. The molecule has 0 aromatic rings. The van der Waals surface area contributed by atoms with Crippen molar-refractivity contribution in [3.8, 4) is 0 Å². The van der Waals surface area contributed by atoms with Crippen LogP contribution in [0.4, 0.5) is 0 Å². The third kappa shape index (κ3) is 2.02. The maximum absolute atomic E-state index is 10.5. The Morgan fingerprint density at radius 2 is 1.80 bits per heavy atom. The standard InChI is InChI=1S/C5H12N2O2S/c1-6-2-4-7(5-3-6)10(8)9/h2-5H2,1H3,(H,8,9). The van der Waals surface area contributed by atoms with Gasteiger partial charge in [0.25, 0.3) is 0 Å². The topological polar surface area (TPSA) is 43.8 Å². The summed E-state index contributed by atoms with van der Waals surface area (Å²) in [5.74, 6) is 0. The van der Waals surface area contributed by atoms with Gasteiger partial charge in [-0.3, -0.25) is 4.55 Å². The second-order valence-electron chi connectivity index (χ2n) is 2.46. The lowest BCUT2D eigenvalue weighted by molar-refractivity contribution is 0.220. The number of likely N-dealkylation sites (N-methyl/N-ethyl adjacent to an activating group) is 1. The van der Waals surface area contributed by atoms with E-state index in [1.165, 1.54) is 0 Å². The van der Waals surface area contributed by atoms with E-state index in [2.05, 4.69) is 4.90 Å². The SMILES string of the molecule is CN1CCN(S(=O)O)CC1. The summed E-state index contributed by atoms with van der Waals surface area (Å²) in [6.07, 6.45) is 0. The van der Waals surface area contributed by atoms with Gasteiger partial charge in [-0.2, -0.15) is 4.31 Å². The predicted octanol–water partition coefficient (Wildman–Crippen LogP) is -0.629. The van der Waals surface area contributed by atoms with E-state index in [0.717, 1.165) is 13.1 Å². The lowest BCUT2D eigenvalue weighted by Gasteiger charge is -2.28. The molecule has 0 radical (unpaired) electrons. The van der Waals surface area contributed by atoms with Gasteiger partial charge in [0.2, 0.25) is 11.3 Å². The van der Waals surface area contributed by atoms with Crippen molar-refractivity contribution in [2.24, 2.45) is 0 Å². The molecule has 0 saturated carbocycles. The van der Waals surface area contributed by atoms with Crippen LogP contribution < -0.4 is 0 Å². The summed E-state index contributed by atoms with van der Waals surface area (Å²) in [7, 11) is 2.01. The van der Waals surface area contributed by atoms with Gasteiger partial charge in [-0.15, -0.1) is 0 Å². The molecule has 1 saturated heterocycles. The minimum absolute atomic E-state index is 0.694. The highest BCUT2D eigenvalue weighted by Crippen LogP contribution is 1.99. The largest absolute Gasteiger partial charge is 0.304 e. The fourth-order valence-corrected chi connectivity index (χ4v) is 1.42. The highest BCUT2D eigenvalue weighted by molar-refractivity contribution is 7.76. The van der Waals surface area contributed by atoms with Crippen molar-refractivity contribution < 1.29 is 8.76 Å². The van der Waals surface area contributed by atoms with Gasteiger partial charge in [-0.25, -0.2) is 4.21 Å². The maximum atomic E-state index is 10.5. The molecule has 60 valence electrons. The Hall–Kier alpha value is 0.0300. The highest BCUT2D eigenvalue weighted by atomic mass is 32.2. The molecule has 1 aliphatic heterocycles. The monoisotopic (exact) mass is 164 g/mol. The van der Waals surface area contributed by atoms with Crippen molar-refractivity contribution >= 4 is 11.3 Å². The summed E-state index contributed by atoms with van der Waals surface area (Å²) in [5.41, 5.74) is 0. The first kappa shape index (κ1) is 8.13. The summed E-state index contributed by atoms with van der Waals surface area (Å²) in [5, 5.41) is 0. The lowest BCUT2D eigenvalue weighted by atomic mass is 10.4. The first-order chi connectivity index (χ1) is 4.70. The molecular weight excluding hydrogens is 152 g/mol. The van der Waals surface area contributed by atoms with Crippen LogP contribution >= 0.6 is 0 Å². The fourth-order valence-electron chi connectivity index (χ4n) is 0.944. The Labute approximate surface area is 63.2 Å². The third-order valence-corrected chi connectivity index (χ3v) is 2.49. The van der Waals surface area contributed by atoms with E-state index >= 15 is 0 Å². The van der Waals surface area contributed by atoms with Crippen molar-refractivity contribution in [1.82, 2.24) is 9.21 Å². The molecule has 0 spiro atoms. The molecule has 1 unspecified atom stereocenters. The van der Waals surface area contributed by atoms with Crippen molar-refractivity contribution in [1.29, 1.82) is 0 Å². The number of rotatable bonds is 1. The minimum Gasteiger partial charge on any atom is -0.304 e. The van der Waals surface area contributed by atoms with Gasteiger partial charge in [-0.05, 0) is 7.05 Å². The predicted molar refractivity (Wildman–Crippen MR) is 39.8 cm³/mol. The highest BCUT2D eigenvalue weighted by Gasteiger charge is 2.16. The number of piperazine rings is 1. The first-order valence-corrected chi connectivity index (χ1v) is 4.31. The minimum atomic E-state index is -1.76. The second-order valence-corrected chi connectivity index (χ2v) is 3.44. The summed E-state index contributed by atoms with van der Waals surface area (Å²) >= 11 is -1.76. The van der Waals surface area contributed by atoms with Crippen molar-refractivity contribution in [2.45, 2.75) is 0 Å². The maximum Gasteiger partial charge on any atom is 0.234 e. The van der Waals surface area contributed by atoms with Crippen molar-refractivity contribution in [3.63, 3.8) is 0 Å². The van der Waals surface area contributed by atoms with Crippen LogP contribution in [0.25, 0.3) is 0 Å². The van der Waals surface area contributed by atoms with Gasteiger partial charge in [0.1, 0.15) is 0 Å². The molecule has 0 aromatic carbocycles. The molecule has 1 rings (SSSR count). The van der Waals surface area contributed by atoms with Gasteiger partial charge in [0.15, 0.2) is 0 Å². The van der Waals surface area contributed by atoms with Crippen LogP contribution in [0.5, 0.6) is 0 Å². The summed E-state index contributed by atoms with van der Waals surface area (Å²) in [6, 6.07) is 0. The molecule has 1 aliphatic rings. The number of hydrogen-bond acceptors (Lipinski definition) is 2. The van der Waals surface area contributed by atoms with Crippen LogP contribution in [0, 0.1) is 0 Å². The Balaban J connectivity index is 2.33. The van der Waals surface area contributed by atoms with Crippen molar-refractivity contribution in [3.05, 3.63) is 0 Å². The van der Waals surface area contributed by atoms with Crippen molar-refractivity contribution in [2.75, 3.05) is 33.2 Å². The quantitative estimate of drug-likeness (QED) is 0.525. The lowest BCUT2D eigenvalue weighted by Crippen LogP contribution is -2.44.